The first-order valence-electron chi connectivity index (χ1n) is 8.14. The summed E-state index contributed by atoms with van der Waals surface area (Å²) in [6, 6.07) is 8.59. The number of nitro groups is 1. The number of fused-ring (bicyclic) bond motifs is 3. The molecule has 8 heteroatoms. The van der Waals surface area contributed by atoms with Crippen LogP contribution in [0.3, 0.4) is 0 Å². The van der Waals surface area contributed by atoms with Crippen molar-refractivity contribution in [2.45, 2.75) is 13.0 Å². The number of esters is 1. The van der Waals surface area contributed by atoms with Gasteiger partial charge in [-0.3, -0.25) is 10.1 Å². The van der Waals surface area contributed by atoms with Crippen LogP contribution in [0, 0.1) is 10.1 Å². The Bertz CT molecular complexity index is 1010. The summed E-state index contributed by atoms with van der Waals surface area (Å²) in [7, 11) is 1.36. The number of nitrogens with one attached hydrogen (secondary N) is 1. The van der Waals surface area contributed by atoms with Crippen LogP contribution in [0.2, 0.25) is 0 Å². The maximum atomic E-state index is 11.8. The van der Waals surface area contributed by atoms with E-state index in [4.69, 9.17) is 4.74 Å². The van der Waals surface area contributed by atoms with Crippen LogP contribution in [0.25, 0.3) is 10.9 Å². The van der Waals surface area contributed by atoms with Gasteiger partial charge in [0.25, 0.3) is 5.69 Å². The molecule has 26 heavy (non-hydrogen) atoms. The Morgan fingerprint density at radius 2 is 2.19 bits per heavy atom. The minimum absolute atomic E-state index is 0.0266. The van der Waals surface area contributed by atoms with Gasteiger partial charge in [0, 0.05) is 47.7 Å². The van der Waals surface area contributed by atoms with Gasteiger partial charge in [-0.25, -0.2) is 9.78 Å². The van der Waals surface area contributed by atoms with E-state index >= 15 is 0 Å². The molecular weight excluding hydrogens is 336 g/mol. The summed E-state index contributed by atoms with van der Waals surface area (Å²) in [6.07, 6.45) is 2.08. The van der Waals surface area contributed by atoms with Crippen LogP contribution in [0.5, 0.6) is 0 Å². The molecule has 1 aliphatic rings. The fourth-order valence-electron chi connectivity index (χ4n) is 3.33. The number of rotatable bonds is 3. The number of nitrogens with zero attached hydrogens (tertiary/aromatic N) is 3. The van der Waals surface area contributed by atoms with Crippen LogP contribution in [-0.4, -0.2) is 34.5 Å². The van der Waals surface area contributed by atoms with Crippen LogP contribution in [0.15, 0.2) is 36.5 Å². The van der Waals surface area contributed by atoms with Crippen molar-refractivity contribution in [2.75, 3.05) is 18.6 Å². The number of carbonyl (C=O) groups excluding carboxylic acids is 1. The molecule has 3 heterocycles. The third kappa shape index (κ3) is 2.65. The van der Waals surface area contributed by atoms with Gasteiger partial charge in [0.15, 0.2) is 0 Å². The van der Waals surface area contributed by atoms with Crippen LogP contribution in [0.1, 0.15) is 21.6 Å². The number of aromatic amines is 1. The van der Waals surface area contributed by atoms with Gasteiger partial charge in [0.2, 0.25) is 0 Å². The normalized spacial score (nSPS) is 13.5. The monoisotopic (exact) mass is 352 g/mol. The second kappa shape index (κ2) is 6.14. The zero-order valence-electron chi connectivity index (χ0n) is 14.1. The van der Waals surface area contributed by atoms with E-state index in [0.29, 0.717) is 17.9 Å². The Morgan fingerprint density at radius 3 is 2.88 bits per heavy atom. The average Bonchev–Trinajstić information content (AvgIpc) is 3.04. The number of hydrogen-bond donors (Lipinski definition) is 1. The highest BCUT2D eigenvalue weighted by atomic mass is 16.6. The molecule has 0 unspecified atom stereocenters. The first kappa shape index (κ1) is 16.1. The molecule has 0 saturated carbocycles. The van der Waals surface area contributed by atoms with E-state index in [0.717, 1.165) is 35.1 Å². The number of ether oxygens (including phenoxy) is 1. The summed E-state index contributed by atoms with van der Waals surface area (Å²) in [5, 5.41) is 11.8. The molecular formula is C18H16N4O4. The minimum Gasteiger partial charge on any atom is -0.465 e. The first-order chi connectivity index (χ1) is 12.6. The molecule has 1 aliphatic heterocycles. The molecule has 0 saturated heterocycles. The Hall–Kier alpha value is -3.42. The Kier molecular flexibility index (Phi) is 3.80. The highest BCUT2D eigenvalue weighted by molar-refractivity contribution is 5.96. The number of methoxy groups -OCH3 is 1. The van der Waals surface area contributed by atoms with Crippen molar-refractivity contribution in [1.29, 1.82) is 0 Å². The topological polar surface area (TPSA) is 101 Å². The van der Waals surface area contributed by atoms with Gasteiger partial charge < -0.3 is 14.6 Å². The van der Waals surface area contributed by atoms with Crippen LogP contribution in [0.4, 0.5) is 11.5 Å². The predicted octanol–water partition coefficient (Wildman–Crippen LogP) is 2.82. The molecule has 0 atom stereocenters. The van der Waals surface area contributed by atoms with Crippen molar-refractivity contribution in [2.24, 2.45) is 0 Å². The molecule has 8 nitrogen and oxygen atoms in total. The molecule has 0 amide bonds. The number of H-pyrrole nitrogens is 1. The highest BCUT2D eigenvalue weighted by Crippen LogP contribution is 2.30. The van der Waals surface area contributed by atoms with Crippen LogP contribution >= 0.6 is 0 Å². The lowest BCUT2D eigenvalue weighted by atomic mass is 10.0. The zero-order chi connectivity index (χ0) is 18.3. The van der Waals surface area contributed by atoms with E-state index in [1.807, 2.05) is 12.1 Å². The van der Waals surface area contributed by atoms with Gasteiger partial charge in [-0.1, -0.05) is 0 Å². The van der Waals surface area contributed by atoms with E-state index < -0.39 is 4.92 Å². The minimum atomic E-state index is -0.459. The number of anilines is 1. The quantitative estimate of drug-likeness (QED) is 0.442. The second-order valence-electron chi connectivity index (χ2n) is 6.14. The molecule has 2 aromatic heterocycles. The lowest BCUT2D eigenvalue weighted by Gasteiger charge is -2.28. The van der Waals surface area contributed by atoms with E-state index in [1.54, 1.807) is 12.1 Å². The van der Waals surface area contributed by atoms with Gasteiger partial charge in [-0.05, 0) is 24.3 Å². The van der Waals surface area contributed by atoms with Gasteiger partial charge in [-0.2, -0.15) is 0 Å². The van der Waals surface area contributed by atoms with Gasteiger partial charge in [0.1, 0.15) is 12.0 Å². The molecule has 0 aliphatic carbocycles. The largest absolute Gasteiger partial charge is 0.465 e. The van der Waals surface area contributed by atoms with Gasteiger partial charge >= 0.3 is 5.97 Å². The van der Waals surface area contributed by atoms with Crippen LogP contribution in [-0.2, 0) is 17.7 Å². The van der Waals surface area contributed by atoms with Crippen molar-refractivity contribution in [3.63, 3.8) is 0 Å². The third-order valence-corrected chi connectivity index (χ3v) is 4.66. The highest BCUT2D eigenvalue weighted by Gasteiger charge is 2.23. The summed E-state index contributed by atoms with van der Waals surface area (Å²) in [5.41, 5.74) is 3.70. The SMILES string of the molecule is COC(=O)c1ccc2[nH]c3c(c2c1)CN(c1ccc([N+](=O)[O-])cn1)CC3. The predicted molar refractivity (Wildman–Crippen MR) is 95.3 cm³/mol. The molecule has 1 aromatic carbocycles. The number of pyridine rings is 1. The Labute approximate surface area is 148 Å². The third-order valence-electron chi connectivity index (χ3n) is 4.66. The maximum Gasteiger partial charge on any atom is 0.337 e. The molecule has 1 N–H and O–H groups in total. The van der Waals surface area contributed by atoms with E-state index in [9.17, 15) is 14.9 Å². The summed E-state index contributed by atoms with van der Waals surface area (Å²) in [6.45, 7) is 1.37. The lowest BCUT2D eigenvalue weighted by molar-refractivity contribution is -0.385. The number of aromatic nitrogens is 2. The standard InChI is InChI=1S/C18H16N4O4/c1-26-18(23)11-2-4-15-13(8-11)14-10-21(7-6-16(14)20-15)17-5-3-12(9-19-17)22(24)25/h2-5,8-9,20H,6-7,10H2,1H3. The fourth-order valence-corrected chi connectivity index (χ4v) is 3.33. The first-order valence-corrected chi connectivity index (χ1v) is 8.14. The number of benzene rings is 1. The van der Waals surface area contributed by atoms with Gasteiger partial charge in [-0.15, -0.1) is 0 Å². The fraction of sp³-hybridized carbons (Fsp3) is 0.222. The maximum absolute atomic E-state index is 11.8. The van der Waals surface area contributed by atoms with E-state index in [1.165, 1.54) is 19.4 Å². The Balaban J connectivity index is 1.68. The van der Waals surface area contributed by atoms with Crippen molar-refractivity contribution in [3.8, 4) is 0 Å². The molecule has 0 radical (unpaired) electrons. The number of carbonyl (C=O) groups is 1. The molecule has 132 valence electrons. The number of hydrogen-bond acceptors (Lipinski definition) is 6. The smallest absolute Gasteiger partial charge is 0.337 e. The molecule has 3 aromatic rings. The van der Waals surface area contributed by atoms with Gasteiger partial charge in [0.05, 0.1) is 17.6 Å². The summed E-state index contributed by atoms with van der Waals surface area (Å²) in [4.78, 5) is 31.8. The van der Waals surface area contributed by atoms with E-state index in [2.05, 4.69) is 14.9 Å². The average molecular weight is 352 g/mol. The zero-order valence-corrected chi connectivity index (χ0v) is 14.1. The molecule has 0 bridgehead atoms. The summed E-state index contributed by atoms with van der Waals surface area (Å²) < 4.78 is 4.80. The molecule has 0 fully saturated rings. The summed E-state index contributed by atoms with van der Waals surface area (Å²) >= 11 is 0. The Morgan fingerprint density at radius 1 is 1.35 bits per heavy atom. The van der Waals surface area contributed by atoms with E-state index in [-0.39, 0.29) is 11.7 Å². The lowest BCUT2D eigenvalue weighted by Crippen LogP contribution is -2.30. The van der Waals surface area contributed by atoms with Crippen molar-refractivity contribution in [1.82, 2.24) is 9.97 Å². The van der Waals surface area contributed by atoms with Crippen LogP contribution < -0.4 is 4.90 Å². The summed E-state index contributed by atoms with van der Waals surface area (Å²) in [5.74, 6) is 0.325. The van der Waals surface area contributed by atoms with Crippen molar-refractivity contribution < 1.29 is 14.5 Å². The molecule has 0 spiro atoms. The van der Waals surface area contributed by atoms with Crippen molar-refractivity contribution in [3.05, 3.63) is 63.5 Å². The van der Waals surface area contributed by atoms with Crippen molar-refractivity contribution >= 4 is 28.4 Å². The molecule has 4 rings (SSSR count). The second-order valence-corrected chi connectivity index (χ2v) is 6.14.